The number of rotatable bonds is 10. The molecule has 1 fully saturated rings. The van der Waals surface area contributed by atoms with Gasteiger partial charge in [-0.2, -0.15) is 4.98 Å². The van der Waals surface area contributed by atoms with Crippen LogP contribution < -0.4 is 16.0 Å². The molecule has 1 atom stereocenters. The van der Waals surface area contributed by atoms with Gasteiger partial charge < -0.3 is 25.8 Å². The molecule has 1 aliphatic heterocycles. The van der Waals surface area contributed by atoms with E-state index < -0.39 is 12.5 Å². The molecule has 0 aliphatic carbocycles. The minimum absolute atomic E-state index is 0.0425. The van der Waals surface area contributed by atoms with Crippen molar-refractivity contribution in [2.45, 2.75) is 45.6 Å². The summed E-state index contributed by atoms with van der Waals surface area (Å²) in [6.07, 6.45) is 2.30. The number of aryl methyl sites for hydroxylation is 1. The molecule has 0 saturated carbocycles. The molecule has 0 unspecified atom stereocenters. The summed E-state index contributed by atoms with van der Waals surface area (Å²) >= 11 is 0. The summed E-state index contributed by atoms with van der Waals surface area (Å²) in [5.41, 5.74) is 9.16. The maximum Gasteiger partial charge on any atom is 0.258 e. The van der Waals surface area contributed by atoms with Crippen molar-refractivity contribution in [3.8, 4) is 0 Å². The van der Waals surface area contributed by atoms with Crippen LogP contribution in [0.5, 0.6) is 0 Å². The van der Waals surface area contributed by atoms with Gasteiger partial charge in [-0.25, -0.2) is 23.3 Å². The highest BCUT2D eigenvalue weighted by Crippen LogP contribution is 2.23. The van der Waals surface area contributed by atoms with Crippen molar-refractivity contribution in [3.63, 3.8) is 0 Å². The zero-order chi connectivity index (χ0) is 27.4. The number of anilines is 3. The number of fused-ring (bicyclic) bond motifs is 1. The van der Waals surface area contributed by atoms with E-state index in [-0.39, 0.29) is 24.1 Å². The standard InChI is InChI=1S/C25H36F2N10O/c1-5-6-19(21(26)27)31-25-32-22(28)24-30-14-18(37(24)33-25)12-17-11-16(2)23(29-13-17)36-9-7-35(8-10-36)20(38)15-34(3)4/h11,13-14,19,21H,5-10,12,15H2,1-4H3,(H3,28,31,32,33)/t19-/m1/s1. The third-order valence-electron chi connectivity index (χ3n) is 6.55. The molecule has 3 aromatic heterocycles. The highest BCUT2D eigenvalue weighted by molar-refractivity contribution is 5.78. The minimum Gasteiger partial charge on any atom is -0.380 e. The van der Waals surface area contributed by atoms with Gasteiger partial charge in [0, 0.05) is 38.8 Å². The van der Waals surface area contributed by atoms with Crippen molar-refractivity contribution in [2.24, 2.45) is 0 Å². The van der Waals surface area contributed by atoms with Crippen LogP contribution in [0.2, 0.25) is 0 Å². The van der Waals surface area contributed by atoms with Crippen LogP contribution in [-0.2, 0) is 11.2 Å². The number of pyridine rings is 1. The average Bonchev–Trinajstić information content (AvgIpc) is 3.26. The number of nitrogens with two attached hydrogens (primary N) is 1. The second-order valence-corrected chi connectivity index (χ2v) is 9.95. The molecular weight excluding hydrogens is 494 g/mol. The zero-order valence-electron chi connectivity index (χ0n) is 22.4. The van der Waals surface area contributed by atoms with Gasteiger partial charge >= 0.3 is 0 Å². The monoisotopic (exact) mass is 530 g/mol. The highest BCUT2D eigenvalue weighted by atomic mass is 19.3. The van der Waals surface area contributed by atoms with Crippen molar-refractivity contribution in [1.29, 1.82) is 0 Å². The average molecular weight is 531 g/mol. The molecule has 1 aliphatic rings. The number of aromatic nitrogens is 5. The van der Waals surface area contributed by atoms with Crippen LogP contribution in [0.4, 0.5) is 26.4 Å². The minimum atomic E-state index is -2.55. The van der Waals surface area contributed by atoms with Crippen molar-refractivity contribution < 1.29 is 13.6 Å². The zero-order valence-corrected chi connectivity index (χ0v) is 22.4. The quantitative estimate of drug-likeness (QED) is 0.406. The Morgan fingerprint density at radius 1 is 1.18 bits per heavy atom. The molecule has 4 rings (SSSR count). The van der Waals surface area contributed by atoms with Gasteiger partial charge in [0.25, 0.3) is 6.43 Å². The third kappa shape index (κ3) is 6.26. The number of likely N-dealkylation sites (N-methyl/N-ethyl adjacent to an activating group) is 1. The number of halogens is 2. The Kier molecular flexibility index (Phi) is 8.55. The Morgan fingerprint density at radius 2 is 1.92 bits per heavy atom. The van der Waals surface area contributed by atoms with Gasteiger partial charge in [-0.05, 0) is 38.6 Å². The van der Waals surface area contributed by atoms with Crippen molar-refractivity contribution in [3.05, 3.63) is 35.3 Å². The van der Waals surface area contributed by atoms with Gasteiger partial charge in [0.05, 0.1) is 24.5 Å². The first-order chi connectivity index (χ1) is 18.2. The normalized spacial score (nSPS) is 15.1. The molecule has 38 heavy (non-hydrogen) atoms. The lowest BCUT2D eigenvalue weighted by atomic mass is 10.1. The molecule has 3 N–H and O–H groups in total. The Balaban J connectivity index is 1.47. The molecule has 0 aromatic carbocycles. The van der Waals surface area contributed by atoms with Crippen molar-refractivity contribution in [2.75, 3.05) is 62.8 Å². The molecule has 1 saturated heterocycles. The fourth-order valence-corrected chi connectivity index (χ4v) is 4.67. The van der Waals surface area contributed by atoms with Crippen LogP contribution in [0.1, 0.15) is 36.6 Å². The fourth-order valence-electron chi connectivity index (χ4n) is 4.67. The summed E-state index contributed by atoms with van der Waals surface area (Å²) in [4.78, 5) is 31.5. The molecule has 0 radical (unpaired) electrons. The van der Waals surface area contributed by atoms with E-state index in [1.54, 1.807) is 10.7 Å². The van der Waals surface area contributed by atoms with Gasteiger partial charge in [0.2, 0.25) is 11.9 Å². The number of nitrogen functional groups attached to an aromatic ring is 1. The Labute approximate surface area is 221 Å². The predicted molar refractivity (Wildman–Crippen MR) is 143 cm³/mol. The summed E-state index contributed by atoms with van der Waals surface area (Å²) in [5.74, 6) is 1.20. The second kappa shape index (κ2) is 11.8. The Bertz CT molecular complexity index is 1260. The summed E-state index contributed by atoms with van der Waals surface area (Å²) < 4.78 is 28.3. The fraction of sp³-hybridized carbons (Fsp3) is 0.560. The van der Waals surface area contributed by atoms with E-state index in [0.717, 1.165) is 35.7 Å². The smallest absolute Gasteiger partial charge is 0.258 e. The predicted octanol–water partition coefficient (Wildman–Crippen LogP) is 2.06. The lowest BCUT2D eigenvalue weighted by molar-refractivity contribution is -0.132. The van der Waals surface area contributed by atoms with Crippen LogP contribution in [0, 0.1) is 6.92 Å². The van der Waals surface area contributed by atoms with Crippen molar-refractivity contribution in [1.82, 2.24) is 34.4 Å². The second-order valence-electron chi connectivity index (χ2n) is 9.95. The van der Waals surface area contributed by atoms with E-state index in [2.05, 4.69) is 31.3 Å². The third-order valence-corrected chi connectivity index (χ3v) is 6.55. The number of imidazole rings is 1. The van der Waals surface area contributed by atoms with Gasteiger partial charge in [0.15, 0.2) is 11.5 Å². The largest absolute Gasteiger partial charge is 0.380 e. The summed E-state index contributed by atoms with van der Waals surface area (Å²) in [6, 6.07) is 1.01. The first-order valence-electron chi connectivity index (χ1n) is 12.8. The SMILES string of the molecule is CCC[C@@H](Nc1nc(N)c2ncc(Cc3cnc(N4CCN(C(=O)CN(C)C)CC4)c(C)c3)n2n1)C(F)F. The van der Waals surface area contributed by atoms with Crippen LogP contribution >= 0.6 is 0 Å². The first kappa shape index (κ1) is 27.4. The van der Waals surface area contributed by atoms with E-state index in [9.17, 15) is 13.6 Å². The van der Waals surface area contributed by atoms with E-state index in [1.807, 2.05) is 43.9 Å². The molecule has 11 nitrogen and oxygen atoms in total. The molecule has 13 heteroatoms. The number of alkyl halides is 2. The van der Waals surface area contributed by atoms with Crippen LogP contribution in [0.15, 0.2) is 18.5 Å². The van der Waals surface area contributed by atoms with Gasteiger partial charge in [-0.1, -0.05) is 19.4 Å². The maximum atomic E-state index is 13.4. The van der Waals surface area contributed by atoms with Gasteiger partial charge in [-0.15, -0.1) is 5.10 Å². The van der Waals surface area contributed by atoms with Gasteiger partial charge in [-0.3, -0.25) is 4.79 Å². The summed E-state index contributed by atoms with van der Waals surface area (Å²) in [7, 11) is 3.79. The molecule has 0 spiro atoms. The molecule has 1 amide bonds. The molecule has 0 bridgehead atoms. The number of piperazine rings is 1. The summed E-state index contributed by atoms with van der Waals surface area (Å²) in [5, 5.41) is 7.12. The lowest BCUT2D eigenvalue weighted by Crippen LogP contribution is -2.51. The van der Waals surface area contributed by atoms with Gasteiger partial charge in [0.1, 0.15) is 5.82 Å². The highest BCUT2D eigenvalue weighted by Gasteiger charge is 2.24. The van der Waals surface area contributed by atoms with Crippen LogP contribution in [0.3, 0.4) is 0 Å². The molecule has 3 aromatic rings. The topological polar surface area (TPSA) is 121 Å². The number of carbonyl (C=O) groups excluding carboxylic acids is 1. The lowest BCUT2D eigenvalue weighted by Gasteiger charge is -2.36. The van der Waals surface area contributed by atoms with Crippen molar-refractivity contribution >= 4 is 29.1 Å². The number of hydrogen-bond donors (Lipinski definition) is 2. The number of hydrogen-bond acceptors (Lipinski definition) is 9. The number of nitrogens with zero attached hydrogens (tertiary/aromatic N) is 8. The first-order valence-corrected chi connectivity index (χ1v) is 12.8. The number of amides is 1. The van der Waals surface area contributed by atoms with Crippen LogP contribution in [-0.4, -0.2) is 99.6 Å². The van der Waals surface area contributed by atoms with E-state index in [0.29, 0.717) is 38.1 Å². The Hall–Kier alpha value is -3.61. The molecule has 206 valence electrons. The Morgan fingerprint density at radius 3 is 2.55 bits per heavy atom. The van der Waals surface area contributed by atoms with Crippen LogP contribution in [0.25, 0.3) is 5.65 Å². The van der Waals surface area contributed by atoms with E-state index in [4.69, 9.17) is 10.7 Å². The molecule has 4 heterocycles. The maximum absolute atomic E-state index is 13.4. The number of nitrogens with one attached hydrogen (secondary N) is 1. The number of carbonyl (C=O) groups is 1. The summed E-state index contributed by atoms with van der Waals surface area (Å²) in [6.45, 7) is 7.06. The van der Waals surface area contributed by atoms with E-state index >= 15 is 0 Å². The van der Waals surface area contributed by atoms with E-state index in [1.165, 1.54) is 0 Å². The molecular formula is C25H36F2N10O.